The highest BCUT2D eigenvalue weighted by Crippen LogP contribution is 2.21. The van der Waals surface area contributed by atoms with Crippen LogP contribution >= 0.6 is 0 Å². The van der Waals surface area contributed by atoms with Crippen LogP contribution in [-0.2, 0) is 4.74 Å². The SMILES string of the molecule is COc1cc(C(=O)NC(C)(CNC(=O)OC(C)(C)C)C(C)C)ccc1C. The quantitative estimate of drug-likeness (QED) is 0.807. The molecule has 2 amide bonds. The first-order valence-electron chi connectivity index (χ1n) is 8.82. The summed E-state index contributed by atoms with van der Waals surface area (Å²) < 4.78 is 10.6. The summed E-state index contributed by atoms with van der Waals surface area (Å²) in [4.78, 5) is 24.6. The largest absolute Gasteiger partial charge is 0.496 e. The van der Waals surface area contributed by atoms with Gasteiger partial charge in [0, 0.05) is 12.1 Å². The number of nitrogens with one attached hydrogen (secondary N) is 2. The Kier molecular flexibility index (Phi) is 7.07. The zero-order valence-electron chi connectivity index (χ0n) is 17.1. The first-order chi connectivity index (χ1) is 11.9. The number of benzene rings is 1. The van der Waals surface area contributed by atoms with E-state index < -0.39 is 17.2 Å². The lowest BCUT2D eigenvalue weighted by molar-refractivity contribution is 0.0497. The number of alkyl carbamates (subject to hydrolysis) is 1. The molecule has 0 aliphatic carbocycles. The summed E-state index contributed by atoms with van der Waals surface area (Å²) in [5.41, 5.74) is 0.269. The summed E-state index contributed by atoms with van der Waals surface area (Å²) in [6, 6.07) is 5.32. The summed E-state index contributed by atoms with van der Waals surface area (Å²) in [6.07, 6.45) is -0.504. The van der Waals surface area contributed by atoms with Crippen LogP contribution in [0.5, 0.6) is 5.75 Å². The monoisotopic (exact) mass is 364 g/mol. The molecule has 6 heteroatoms. The van der Waals surface area contributed by atoms with Gasteiger partial charge >= 0.3 is 6.09 Å². The summed E-state index contributed by atoms with van der Waals surface area (Å²) in [5.74, 6) is 0.537. The zero-order chi connectivity index (χ0) is 20.1. The second-order valence-electron chi connectivity index (χ2n) is 8.07. The molecule has 0 radical (unpaired) electrons. The third kappa shape index (κ3) is 6.24. The van der Waals surface area contributed by atoms with Crippen LogP contribution in [0.25, 0.3) is 0 Å². The molecule has 1 aromatic carbocycles. The van der Waals surface area contributed by atoms with Crippen molar-refractivity contribution in [3.05, 3.63) is 29.3 Å². The van der Waals surface area contributed by atoms with Gasteiger partial charge < -0.3 is 20.1 Å². The fraction of sp³-hybridized carbons (Fsp3) is 0.600. The molecule has 0 aromatic heterocycles. The second kappa shape index (κ2) is 8.43. The Balaban J connectivity index is 2.86. The minimum absolute atomic E-state index is 0.0914. The highest BCUT2D eigenvalue weighted by Gasteiger charge is 2.32. The van der Waals surface area contributed by atoms with Crippen molar-refractivity contribution in [3.8, 4) is 5.75 Å². The van der Waals surface area contributed by atoms with Gasteiger partial charge in [0.15, 0.2) is 0 Å². The molecule has 0 saturated carbocycles. The molecule has 146 valence electrons. The molecule has 0 aliphatic heterocycles. The van der Waals surface area contributed by atoms with E-state index in [1.165, 1.54) is 0 Å². The van der Waals surface area contributed by atoms with Crippen molar-refractivity contribution in [3.63, 3.8) is 0 Å². The zero-order valence-corrected chi connectivity index (χ0v) is 17.1. The Labute approximate surface area is 156 Å². The number of aryl methyl sites for hydroxylation is 1. The first-order valence-corrected chi connectivity index (χ1v) is 8.82. The van der Waals surface area contributed by atoms with E-state index in [4.69, 9.17) is 9.47 Å². The fourth-order valence-electron chi connectivity index (χ4n) is 2.26. The van der Waals surface area contributed by atoms with Crippen molar-refractivity contribution >= 4 is 12.0 Å². The molecule has 6 nitrogen and oxygen atoms in total. The number of hydrogen-bond acceptors (Lipinski definition) is 4. The van der Waals surface area contributed by atoms with Crippen LogP contribution in [0.3, 0.4) is 0 Å². The molecule has 0 heterocycles. The van der Waals surface area contributed by atoms with Gasteiger partial charge in [-0.15, -0.1) is 0 Å². The summed E-state index contributed by atoms with van der Waals surface area (Å²) >= 11 is 0. The van der Waals surface area contributed by atoms with Gasteiger partial charge in [-0.25, -0.2) is 4.79 Å². The predicted molar refractivity (Wildman–Crippen MR) is 103 cm³/mol. The molecule has 1 rings (SSSR count). The van der Waals surface area contributed by atoms with Gasteiger partial charge in [-0.3, -0.25) is 4.79 Å². The van der Waals surface area contributed by atoms with Crippen LogP contribution in [-0.4, -0.2) is 36.8 Å². The van der Waals surface area contributed by atoms with Crippen molar-refractivity contribution in [2.24, 2.45) is 5.92 Å². The molecule has 1 unspecified atom stereocenters. The van der Waals surface area contributed by atoms with Crippen LogP contribution in [0.1, 0.15) is 57.5 Å². The van der Waals surface area contributed by atoms with Crippen molar-refractivity contribution in [1.29, 1.82) is 0 Å². The maximum atomic E-state index is 12.7. The van der Waals surface area contributed by atoms with Crippen molar-refractivity contribution in [2.75, 3.05) is 13.7 Å². The minimum Gasteiger partial charge on any atom is -0.496 e. The average molecular weight is 364 g/mol. The second-order valence-corrected chi connectivity index (χ2v) is 8.07. The van der Waals surface area contributed by atoms with Gasteiger partial charge in [0.25, 0.3) is 5.91 Å². The maximum absolute atomic E-state index is 12.7. The topological polar surface area (TPSA) is 76.7 Å². The van der Waals surface area contributed by atoms with E-state index in [0.29, 0.717) is 11.3 Å². The highest BCUT2D eigenvalue weighted by molar-refractivity contribution is 5.95. The molecule has 0 fully saturated rings. The van der Waals surface area contributed by atoms with Gasteiger partial charge in [-0.05, 0) is 58.2 Å². The van der Waals surface area contributed by atoms with Gasteiger partial charge in [0.1, 0.15) is 11.4 Å². The molecule has 0 spiro atoms. The lowest BCUT2D eigenvalue weighted by atomic mass is 9.88. The third-order valence-electron chi connectivity index (χ3n) is 4.34. The average Bonchev–Trinajstić information content (AvgIpc) is 2.51. The Bertz CT molecular complexity index is 650. The number of carbonyl (C=O) groups is 2. The van der Waals surface area contributed by atoms with Gasteiger partial charge in [-0.2, -0.15) is 0 Å². The number of methoxy groups -OCH3 is 1. The molecular weight excluding hydrogens is 332 g/mol. The van der Waals surface area contributed by atoms with Gasteiger partial charge in [-0.1, -0.05) is 19.9 Å². The normalized spacial score (nSPS) is 13.7. The minimum atomic E-state index is -0.633. The summed E-state index contributed by atoms with van der Waals surface area (Å²) in [5, 5.41) is 5.78. The number of amides is 2. The van der Waals surface area contributed by atoms with Crippen molar-refractivity contribution < 1.29 is 19.1 Å². The van der Waals surface area contributed by atoms with Crippen molar-refractivity contribution in [1.82, 2.24) is 10.6 Å². The van der Waals surface area contributed by atoms with E-state index in [0.717, 1.165) is 5.56 Å². The molecule has 0 saturated heterocycles. The highest BCUT2D eigenvalue weighted by atomic mass is 16.6. The molecule has 0 aliphatic rings. The smallest absolute Gasteiger partial charge is 0.407 e. The molecular formula is C20H32N2O4. The van der Waals surface area contributed by atoms with E-state index >= 15 is 0 Å². The number of rotatable bonds is 6. The molecule has 1 aromatic rings. The van der Waals surface area contributed by atoms with E-state index in [-0.39, 0.29) is 18.4 Å². The number of carbonyl (C=O) groups excluding carboxylic acids is 2. The van der Waals surface area contributed by atoms with Gasteiger partial charge in [0.2, 0.25) is 0 Å². The summed E-state index contributed by atoms with van der Waals surface area (Å²) in [7, 11) is 1.58. The lowest BCUT2D eigenvalue weighted by Gasteiger charge is -2.35. The molecule has 1 atom stereocenters. The van der Waals surface area contributed by atoms with E-state index in [9.17, 15) is 9.59 Å². The Morgan fingerprint density at radius 3 is 2.27 bits per heavy atom. The number of ether oxygens (including phenoxy) is 2. The van der Waals surface area contributed by atoms with Gasteiger partial charge in [0.05, 0.1) is 12.6 Å². The Hall–Kier alpha value is -2.24. The molecule has 0 bridgehead atoms. The van der Waals surface area contributed by atoms with Crippen molar-refractivity contribution in [2.45, 2.75) is 59.6 Å². The Morgan fingerprint density at radius 2 is 1.77 bits per heavy atom. The lowest BCUT2D eigenvalue weighted by Crippen LogP contribution is -2.57. The van der Waals surface area contributed by atoms with E-state index in [1.54, 1.807) is 40.0 Å². The third-order valence-corrected chi connectivity index (χ3v) is 4.34. The standard InChI is InChI=1S/C20H32N2O4/c1-13(2)20(7,12-21-18(24)26-19(4,5)6)22-17(23)15-10-9-14(3)16(11-15)25-8/h9-11,13H,12H2,1-8H3,(H,21,24)(H,22,23). The summed E-state index contributed by atoms with van der Waals surface area (Å²) in [6.45, 7) is 13.5. The Morgan fingerprint density at radius 1 is 1.15 bits per heavy atom. The predicted octanol–water partition coefficient (Wildman–Crippen LogP) is 3.67. The van der Waals surface area contributed by atoms with E-state index in [1.807, 2.05) is 33.8 Å². The van der Waals surface area contributed by atoms with Crippen LogP contribution in [0.15, 0.2) is 18.2 Å². The van der Waals surface area contributed by atoms with Crippen LogP contribution in [0.2, 0.25) is 0 Å². The van der Waals surface area contributed by atoms with Crippen LogP contribution < -0.4 is 15.4 Å². The fourth-order valence-corrected chi connectivity index (χ4v) is 2.26. The van der Waals surface area contributed by atoms with Crippen LogP contribution in [0, 0.1) is 12.8 Å². The maximum Gasteiger partial charge on any atom is 0.407 e. The first kappa shape index (κ1) is 21.8. The van der Waals surface area contributed by atoms with Crippen LogP contribution in [0.4, 0.5) is 4.79 Å². The molecule has 26 heavy (non-hydrogen) atoms. The number of hydrogen-bond donors (Lipinski definition) is 2. The molecule has 2 N–H and O–H groups in total. The van der Waals surface area contributed by atoms with E-state index in [2.05, 4.69) is 10.6 Å².